The van der Waals surface area contributed by atoms with E-state index in [0.717, 1.165) is 37.6 Å². The number of nitriles is 1. The highest BCUT2D eigenvalue weighted by atomic mass is 19.1. The number of rotatable bonds is 7. The molecule has 1 aromatic heterocycles. The first-order valence-electron chi connectivity index (χ1n) is 10.3. The van der Waals surface area contributed by atoms with Crippen LogP contribution in [0.15, 0.2) is 30.6 Å². The Hall–Kier alpha value is -2.81. The van der Waals surface area contributed by atoms with Gasteiger partial charge in [-0.05, 0) is 56.2 Å². The molecule has 0 amide bonds. The molecule has 0 radical (unpaired) electrons. The molecule has 0 unspecified atom stereocenters. The van der Waals surface area contributed by atoms with E-state index in [1.54, 1.807) is 6.07 Å². The maximum absolute atomic E-state index is 13.7. The Morgan fingerprint density at radius 3 is 2.55 bits per heavy atom. The van der Waals surface area contributed by atoms with Crippen LogP contribution < -0.4 is 4.74 Å². The average Bonchev–Trinajstić information content (AvgIpc) is 2.75. The van der Waals surface area contributed by atoms with Crippen molar-refractivity contribution < 1.29 is 13.9 Å². The van der Waals surface area contributed by atoms with Crippen molar-refractivity contribution in [3.8, 4) is 11.8 Å². The van der Waals surface area contributed by atoms with Gasteiger partial charge in [-0.2, -0.15) is 5.26 Å². The predicted molar refractivity (Wildman–Crippen MR) is 107 cm³/mol. The highest BCUT2D eigenvalue weighted by molar-refractivity contribution is 5.75. The largest absolute Gasteiger partial charge is 0.426 e. The minimum atomic E-state index is -0.684. The summed E-state index contributed by atoms with van der Waals surface area (Å²) in [5, 5.41) is 8.77. The molecule has 0 saturated heterocycles. The minimum Gasteiger partial charge on any atom is -0.426 e. The Balaban J connectivity index is 1.50. The summed E-state index contributed by atoms with van der Waals surface area (Å²) >= 11 is 0. The lowest BCUT2D eigenvalue weighted by Crippen LogP contribution is -2.25. The van der Waals surface area contributed by atoms with Crippen molar-refractivity contribution in [1.82, 2.24) is 9.97 Å². The Labute approximate surface area is 170 Å². The van der Waals surface area contributed by atoms with E-state index >= 15 is 0 Å². The highest BCUT2D eigenvalue weighted by Gasteiger charge is 2.29. The minimum absolute atomic E-state index is 0.0679. The number of nitrogens with zero attached hydrogens (tertiary/aromatic N) is 3. The average molecular weight is 395 g/mol. The SMILES string of the molecule is CCCCCc1cnc(C2CCC(C(=O)Oc3ccc(C#N)c(F)c3)CC2)nc1. The van der Waals surface area contributed by atoms with Crippen LogP contribution in [0.4, 0.5) is 4.39 Å². The summed E-state index contributed by atoms with van der Waals surface area (Å²) in [4.78, 5) is 21.5. The summed E-state index contributed by atoms with van der Waals surface area (Å²) in [6.07, 6.45) is 11.5. The van der Waals surface area contributed by atoms with Crippen LogP contribution in [0.3, 0.4) is 0 Å². The van der Waals surface area contributed by atoms with Gasteiger partial charge >= 0.3 is 5.97 Å². The van der Waals surface area contributed by atoms with Crippen molar-refractivity contribution in [2.75, 3.05) is 0 Å². The highest BCUT2D eigenvalue weighted by Crippen LogP contribution is 2.35. The van der Waals surface area contributed by atoms with E-state index in [2.05, 4.69) is 16.9 Å². The van der Waals surface area contributed by atoms with Crippen LogP contribution in [0.5, 0.6) is 5.75 Å². The molecule has 3 rings (SSSR count). The molecule has 0 spiro atoms. The van der Waals surface area contributed by atoms with E-state index in [-0.39, 0.29) is 29.1 Å². The number of aryl methyl sites for hydroxylation is 1. The summed E-state index contributed by atoms with van der Waals surface area (Å²) in [5.74, 6) is 0.00626. The van der Waals surface area contributed by atoms with Crippen LogP contribution >= 0.6 is 0 Å². The molecule has 0 bridgehead atoms. The Kier molecular flexibility index (Phi) is 7.29. The van der Waals surface area contributed by atoms with Gasteiger partial charge in [0.15, 0.2) is 0 Å². The molecule has 1 aliphatic rings. The van der Waals surface area contributed by atoms with Crippen LogP contribution in [-0.2, 0) is 11.2 Å². The number of aromatic nitrogens is 2. The monoisotopic (exact) mass is 395 g/mol. The van der Waals surface area contributed by atoms with E-state index in [1.807, 2.05) is 12.4 Å². The van der Waals surface area contributed by atoms with Crippen LogP contribution in [0.2, 0.25) is 0 Å². The van der Waals surface area contributed by atoms with E-state index < -0.39 is 5.82 Å². The summed E-state index contributed by atoms with van der Waals surface area (Å²) in [6.45, 7) is 2.19. The summed E-state index contributed by atoms with van der Waals surface area (Å²) in [6, 6.07) is 5.59. The number of hydrogen-bond donors (Lipinski definition) is 0. The van der Waals surface area contributed by atoms with E-state index in [0.29, 0.717) is 12.8 Å². The molecule has 0 atom stereocenters. The summed E-state index contributed by atoms with van der Waals surface area (Å²) < 4.78 is 19.0. The smallest absolute Gasteiger partial charge is 0.314 e. The molecule has 0 N–H and O–H groups in total. The number of halogens is 1. The lowest BCUT2D eigenvalue weighted by molar-refractivity contribution is -0.140. The van der Waals surface area contributed by atoms with E-state index in [4.69, 9.17) is 10.00 Å². The second-order valence-corrected chi connectivity index (χ2v) is 7.63. The number of unbranched alkanes of at least 4 members (excludes halogenated alkanes) is 2. The quantitative estimate of drug-likeness (QED) is 0.370. The molecule has 1 aliphatic carbocycles. The Bertz CT molecular complexity index is 869. The van der Waals surface area contributed by atoms with Crippen LogP contribution in [-0.4, -0.2) is 15.9 Å². The second-order valence-electron chi connectivity index (χ2n) is 7.63. The molecular formula is C23H26FN3O2. The van der Waals surface area contributed by atoms with Gasteiger partial charge in [0.1, 0.15) is 23.5 Å². The standard InChI is InChI=1S/C23H26FN3O2/c1-2-3-4-5-16-14-26-22(27-15-16)17-6-8-18(9-7-17)23(28)29-20-11-10-19(13-25)21(24)12-20/h10-12,14-15,17-18H,2-9H2,1H3. The topological polar surface area (TPSA) is 75.9 Å². The normalized spacial score (nSPS) is 18.8. The number of esters is 1. The Morgan fingerprint density at radius 2 is 1.93 bits per heavy atom. The van der Waals surface area contributed by atoms with Crippen molar-refractivity contribution in [3.05, 3.63) is 53.4 Å². The Morgan fingerprint density at radius 1 is 1.21 bits per heavy atom. The molecule has 2 aromatic rings. The third-order valence-electron chi connectivity index (χ3n) is 5.50. The molecule has 0 aliphatic heterocycles. The van der Waals surface area contributed by atoms with Crippen LogP contribution in [0.1, 0.15) is 74.7 Å². The first-order chi connectivity index (χ1) is 14.1. The molecule has 29 heavy (non-hydrogen) atoms. The van der Waals surface area contributed by atoms with Gasteiger partial charge < -0.3 is 4.74 Å². The molecular weight excluding hydrogens is 369 g/mol. The lowest BCUT2D eigenvalue weighted by Gasteiger charge is -2.26. The third kappa shape index (κ3) is 5.60. The molecule has 6 heteroatoms. The number of hydrogen-bond acceptors (Lipinski definition) is 5. The van der Waals surface area contributed by atoms with Crippen molar-refractivity contribution >= 4 is 5.97 Å². The zero-order chi connectivity index (χ0) is 20.6. The second kappa shape index (κ2) is 10.1. The number of ether oxygens (including phenoxy) is 1. The fraction of sp³-hybridized carbons (Fsp3) is 0.478. The predicted octanol–water partition coefficient (Wildman–Crippen LogP) is 5.10. The van der Waals surface area contributed by atoms with Gasteiger partial charge in [0, 0.05) is 24.4 Å². The molecule has 1 heterocycles. The zero-order valence-electron chi connectivity index (χ0n) is 16.7. The number of carbonyl (C=O) groups excluding carboxylic acids is 1. The number of benzene rings is 1. The van der Waals surface area contributed by atoms with Gasteiger partial charge in [-0.15, -0.1) is 0 Å². The molecule has 1 fully saturated rings. The summed E-state index contributed by atoms with van der Waals surface area (Å²) in [7, 11) is 0. The van der Waals surface area contributed by atoms with Crippen LogP contribution in [0.25, 0.3) is 0 Å². The van der Waals surface area contributed by atoms with Gasteiger partial charge in [-0.1, -0.05) is 19.8 Å². The maximum atomic E-state index is 13.7. The van der Waals surface area contributed by atoms with Crippen molar-refractivity contribution in [2.24, 2.45) is 5.92 Å². The fourth-order valence-electron chi connectivity index (χ4n) is 3.72. The molecule has 1 saturated carbocycles. The van der Waals surface area contributed by atoms with Crippen LogP contribution in [0, 0.1) is 23.1 Å². The zero-order valence-corrected chi connectivity index (χ0v) is 16.7. The van der Waals surface area contributed by atoms with Crippen molar-refractivity contribution in [1.29, 1.82) is 5.26 Å². The van der Waals surface area contributed by atoms with E-state index in [1.165, 1.54) is 30.5 Å². The molecule has 5 nitrogen and oxygen atoms in total. The number of carbonyl (C=O) groups is 1. The maximum Gasteiger partial charge on any atom is 0.314 e. The third-order valence-corrected chi connectivity index (χ3v) is 5.50. The fourth-order valence-corrected chi connectivity index (χ4v) is 3.72. The van der Waals surface area contributed by atoms with E-state index in [9.17, 15) is 9.18 Å². The first kappa shape index (κ1) is 20.9. The summed E-state index contributed by atoms with van der Waals surface area (Å²) in [5.41, 5.74) is 1.11. The molecule has 1 aromatic carbocycles. The van der Waals surface area contributed by atoms with Gasteiger partial charge in [0.05, 0.1) is 11.5 Å². The van der Waals surface area contributed by atoms with Gasteiger partial charge in [-0.25, -0.2) is 14.4 Å². The first-order valence-corrected chi connectivity index (χ1v) is 10.3. The molecule has 152 valence electrons. The van der Waals surface area contributed by atoms with Gasteiger partial charge in [0.25, 0.3) is 0 Å². The van der Waals surface area contributed by atoms with Crippen molar-refractivity contribution in [2.45, 2.75) is 64.2 Å². The lowest BCUT2D eigenvalue weighted by atomic mass is 9.81. The van der Waals surface area contributed by atoms with Gasteiger partial charge in [0.2, 0.25) is 0 Å². The van der Waals surface area contributed by atoms with Gasteiger partial charge in [-0.3, -0.25) is 4.79 Å². The van der Waals surface area contributed by atoms with Crippen molar-refractivity contribution in [3.63, 3.8) is 0 Å².